The Morgan fingerprint density at radius 3 is 2.62 bits per heavy atom. The van der Waals surface area contributed by atoms with E-state index in [9.17, 15) is 0 Å². The Kier molecular flexibility index (Phi) is 3.12. The second-order valence-corrected chi connectivity index (χ2v) is 1.79. The van der Waals surface area contributed by atoms with E-state index >= 15 is 0 Å². The smallest absolute Gasteiger partial charge is 0.0770 e. The largest absolute Gasteiger partial charge is 0.389 e. The molecule has 0 amide bonds. The van der Waals surface area contributed by atoms with Gasteiger partial charge in [0.05, 0.1) is 6.10 Å². The van der Waals surface area contributed by atoms with Gasteiger partial charge in [-0.3, -0.25) is 0 Å². The van der Waals surface area contributed by atoms with Crippen LogP contribution in [0, 0.1) is 5.41 Å². The molecule has 0 rings (SSSR count). The Balaban J connectivity index is 3.38. The monoisotopic (exact) mass is 113 g/mol. The molecule has 0 saturated carbocycles. The molecule has 2 nitrogen and oxygen atoms in total. The molecule has 0 spiro atoms. The maximum Gasteiger partial charge on any atom is 0.0770 e. The Hall–Kier alpha value is -0.630. The van der Waals surface area contributed by atoms with Crippen molar-refractivity contribution >= 4 is 5.71 Å². The lowest BCUT2D eigenvalue weighted by Crippen LogP contribution is -2.05. The van der Waals surface area contributed by atoms with E-state index in [1.54, 1.807) is 6.92 Å². The third-order valence-corrected chi connectivity index (χ3v) is 0.787. The van der Waals surface area contributed by atoms with E-state index in [1.165, 1.54) is 6.08 Å². The van der Waals surface area contributed by atoms with Crippen molar-refractivity contribution in [2.45, 2.75) is 19.4 Å². The Morgan fingerprint density at radius 1 is 2.00 bits per heavy atom. The summed E-state index contributed by atoms with van der Waals surface area (Å²) in [5, 5.41) is 15.7. The highest BCUT2D eigenvalue weighted by Gasteiger charge is 1.96. The molecule has 2 N–H and O–H groups in total. The van der Waals surface area contributed by atoms with Gasteiger partial charge in [-0.25, -0.2) is 0 Å². The lowest BCUT2D eigenvalue weighted by atomic mass is 10.2. The molecule has 0 aliphatic carbocycles. The van der Waals surface area contributed by atoms with Crippen LogP contribution in [-0.2, 0) is 0 Å². The molecule has 8 heavy (non-hydrogen) atoms. The van der Waals surface area contributed by atoms with Crippen molar-refractivity contribution in [3.8, 4) is 0 Å². The average Bonchev–Trinajstić information content (AvgIpc) is 1.65. The van der Waals surface area contributed by atoms with Gasteiger partial charge in [-0.15, -0.1) is 6.58 Å². The minimum atomic E-state index is -0.535. The molecule has 0 radical (unpaired) electrons. The van der Waals surface area contributed by atoms with Gasteiger partial charge in [-0.1, -0.05) is 6.08 Å². The summed E-state index contributed by atoms with van der Waals surface area (Å²) >= 11 is 0. The highest BCUT2D eigenvalue weighted by Crippen LogP contribution is 1.91. The standard InChI is InChI=1S/C6H11NO/c1-3-6(8)4-5(2)7/h3,6-8H,1,4H2,2H3. The molecule has 1 unspecified atom stereocenters. The zero-order valence-corrected chi connectivity index (χ0v) is 5.02. The van der Waals surface area contributed by atoms with Gasteiger partial charge < -0.3 is 10.5 Å². The minimum absolute atomic E-state index is 0.406. The van der Waals surface area contributed by atoms with E-state index in [-0.39, 0.29) is 0 Å². The molecule has 1 atom stereocenters. The van der Waals surface area contributed by atoms with Crippen LogP contribution < -0.4 is 0 Å². The third-order valence-electron chi connectivity index (χ3n) is 0.787. The van der Waals surface area contributed by atoms with E-state index in [2.05, 4.69) is 6.58 Å². The van der Waals surface area contributed by atoms with Crippen molar-refractivity contribution in [2.75, 3.05) is 0 Å². The summed E-state index contributed by atoms with van der Waals surface area (Å²) < 4.78 is 0. The third kappa shape index (κ3) is 3.56. The van der Waals surface area contributed by atoms with Crippen molar-refractivity contribution in [1.29, 1.82) is 5.41 Å². The molecular formula is C6H11NO. The number of aliphatic hydroxyl groups is 1. The number of hydrogen-bond acceptors (Lipinski definition) is 2. The van der Waals surface area contributed by atoms with Crippen molar-refractivity contribution in [1.82, 2.24) is 0 Å². The van der Waals surface area contributed by atoms with Crippen LogP contribution in [0.5, 0.6) is 0 Å². The van der Waals surface area contributed by atoms with Crippen LogP contribution in [0.2, 0.25) is 0 Å². The summed E-state index contributed by atoms with van der Waals surface area (Å²) in [6.45, 7) is 5.03. The summed E-state index contributed by atoms with van der Waals surface area (Å²) in [5.74, 6) is 0. The normalized spacial score (nSPS) is 12.8. The molecule has 0 fully saturated rings. The maximum atomic E-state index is 8.77. The first kappa shape index (κ1) is 7.37. The molecule has 0 heterocycles. The van der Waals surface area contributed by atoms with Gasteiger partial charge >= 0.3 is 0 Å². The van der Waals surface area contributed by atoms with Crippen LogP contribution in [0.3, 0.4) is 0 Å². The van der Waals surface area contributed by atoms with E-state index in [0.717, 1.165) is 0 Å². The summed E-state index contributed by atoms with van der Waals surface area (Å²) in [6.07, 6.45) is 1.30. The molecule has 0 aromatic heterocycles. The average molecular weight is 113 g/mol. The quantitative estimate of drug-likeness (QED) is 0.415. The summed E-state index contributed by atoms with van der Waals surface area (Å²) in [7, 11) is 0. The first-order valence-electron chi connectivity index (χ1n) is 2.51. The second-order valence-electron chi connectivity index (χ2n) is 1.79. The van der Waals surface area contributed by atoms with E-state index < -0.39 is 6.10 Å². The molecule has 0 aromatic rings. The second kappa shape index (κ2) is 3.38. The fourth-order valence-electron chi connectivity index (χ4n) is 0.397. The molecule has 0 aliphatic rings. The van der Waals surface area contributed by atoms with Gasteiger partial charge in [-0.05, 0) is 6.92 Å². The number of rotatable bonds is 3. The first-order valence-corrected chi connectivity index (χ1v) is 2.51. The van der Waals surface area contributed by atoms with Gasteiger partial charge in [0.25, 0.3) is 0 Å². The number of aliphatic hydroxyl groups excluding tert-OH is 1. The van der Waals surface area contributed by atoms with Crippen LogP contribution in [0.25, 0.3) is 0 Å². The highest BCUT2D eigenvalue weighted by molar-refractivity contribution is 5.79. The predicted molar refractivity (Wildman–Crippen MR) is 34.2 cm³/mol. The molecule has 0 bridgehead atoms. The topological polar surface area (TPSA) is 44.1 Å². The van der Waals surface area contributed by atoms with Crippen molar-refractivity contribution in [2.24, 2.45) is 0 Å². The lowest BCUT2D eigenvalue weighted by molar-refractivity contribution is 0.232. The zero-order valence-electron chi connectivity index (χ0n) is 5.02. The lowest BCUT2D eigenvalue weighted by Gasteiger charge is -1.99. The van der Waals surface area contributed by atoms with E-state index in [4.69, 9.17) is 10.5 Å². The molecule has 46 valence electrons. The summed E-state index contributed by atoms with van der Waals surface area (Å²) in [4.78, 5) is 0. The summed E-state index contributed by atoms with van der Waals surface area (Å²) in [6, 6.07) is 0. The molecule has 0 saturated heterocycles. The van der Waals surface area contributed by atoms with Gasteiger partial charge in [-0.2, -0.15) is 0 Å². The Labute approximate surface area is 49.4 Å². The van der Waals surface area contributed by atoms with Gasteiger partial charge in [0, 0.05) is 12.1 Å². The van der Waals surface area contributed by atoms with Crippen LogP contribution in [0.15, 0.2) is 12.7 Å². The number of nitrogens with one attached hydrogen (secondary N) is 1. The molecular weight excluding hydrogens is 102 g/mol. The first-order chi connectivity index (χ1) is 3.66. The zero-order chi connectivity index (χ0) is 6.57. The minimum Gasteiger partial charge on any atom is -0.389 e. The molecule has 0 aromatic carbocycles. The number of hydrogen-bond donors (Lipinski definition) is 2. The van der Waals surface area contributed by atoms with Gasteiger partial charge in [0.15, 0.2) is 0 Å². The molecule has 2 heteroatoms. The van der Waals surface area contributed by atoms with Crippen LogP contribution >= 0.6 is 0 Å². The SMILES string of the molecule is C=CC(O)CC(C)=N. The fourth-order valence-corrected chi connectivity index (χ4v) is 0.397. The van der Waals surface area contributed by atoms with Gasteiger partial charge in [0.1, 0.15) is 0 Å². The maximum absolute atomic E-state index is 8.77. The Bertz CT molecular complexity index is 98.7. The highest BCUT2D eigenvalue weighted by atomic mass is 16.3. The van der Waals surface area contributed by atoms with E-state index in [0.29, 0.717) is 12.1 Å². The van der Waals surface area contributed by atoms with Crippen LogP contribution in [-0.4, -0.2) is 16.9 Å². The van der Waals surface area contributed by atoms with Gasteiger partial charge in [0.2, 0.25) is 0 Å². The Morgan fingerprint density at radius 2 is 2.50 bits per heavy atom. The van der Waals surface area contributed by atoms with E-state index in [1.807, 2.05) is 0 Å². The predicted octanol–water partition coefficient (Wildman–Crippen LogP) is 0.963. The van der Waals surface area contributed by atoms with Crippen LogP contribution in [0.4, 0.5) is 0 Å². The fraction of sp³-hybridized carbons (Fsp3) is 0.500. The van der Waals surface area contributed by atoms with Crippen molar-refractivity contribution in [3.63, 3.8) is 0 Å². The summed E-state index contributed by atoms with van der Waals surface area (Å²) in [5.41, 5.74) is 0.484. The van der Waals surface area contributed by atoms with Crippen molar-refractivity contribution < 1.29 is 5.11 Å². The van der Waals surface area contributed by atoms with Crippen molar-refractivity contribution in [3.05, 3.63) is 12.7 Å². The molecule has 0 aliphatic heterocycles. The van der Waals surface area contributed by atoms with Crippen LogP contribution in [0.1, 0.15) is 13.3 Å².